The van der Waals surface area contributed by atoms with Gasteiger partial charge < -0.3 is 21.1 Å². The van der Waals surface area contributed by atoms with Crippen LogP contribution in [0.1, 0.15) is 15.9 Å². The highest BCUT2D eigenvalue weighted by atomic mass is 35.5. The minimum atomic E-state index is -0.703. The summed E-state index contributed by atoms with van der Waals surface area (Å²) in [5.74, 6) is -1.10. The number of hydrogen-bond acceptors (Lipinski definition) is 4. The minimum Gasteiger partial charge on any atom is -0.452 e. The average molecular weight is 362 g/mol. The maximum atomic E-state index is 11.9. The number of primary amides is 1. The smallest absolute Gasteiger partial charge is 0.338 e. The van der Waals surface area contributed by atoms with Crippen molar-refractivity contribution in [2.24, 2.45) is 5.73 Å². The van der Waals surface area contributed by atoms with E-state index in [1.54, 1.807) is 18.2 Å². The van der Waals surface area contributed by atoms with Crippen LogP contribution in [0.4, 0.5) is 10.5 Å². The van der Waals surface area contributed by atoms with Gasteiger partial charge in [-0.3, -0.25) is 4.79 Å². The molecule has 3 amide bonds. The standard InChI is InChI=1S/C17H16ClN3O4/c18-14-4-2-1-3-12(14)9-20-15(22)10-25-16(23)11-5-7-13(8-6-11)21-17(19)24/h1-8H,9-10H2,(H,20,22)(H3,19,21,24). The Hall–Kier alpha value is -3.06. The summed E-state index contributed by atoms with van der Waals surface area (Å²) in [4.78, 5) is 34.3. The van der Waals surface area contributed by atoms with E-state index in [0.717, 1.165) is 5.56 Å². The molecule has 0 fully saturated rings. The Bertz CT molecular complexity index is 778. The van der Waals surface area contributed by atoms with Gasteiger partial charge in [-0.25, -0.2) is 9.59 Å². The Morgan fingerprint density at radius 3 is 2.36 bits per heavy atom. The number of urea groups is 1. The van der Waals surface area contributed by atoms with Gasteiger partial charge in [-0.1, -0.05) is 29.8 Å². The second-order valence-corrected chi connectivity index (χ2v) is 5.42. The molecule has 8 heteroatoms. The molecule has 0 spiro atoms. The van der Waals surface area contributed by atoms with Gasteiger partial charge in [0.05, 0.1) is 5.56 Å². The molecule has 0 unspecified atom stereocenters. The van der Waals surface area contributed by atoms with Crippen molar-refractivity contribution in [1.82, 2.24) is 5.32 Å². The number of esters is 1. The van der Waals surface area contributed by atoms with E-state index in [1.807, 2.05) is 6.07 Å². The third-order valence-electron chi connectivity index (χ3n) is 3.16. The van der Waals surface area contributed by atoms with Crippen molar-refractivity contribution in [1.29, 1.82) is 0 Å². The summed E-state index contributed by atoms with van der Waals surface area (Å²) in [6, 6.07) is 12.3. The SMILES string of the molecule is NC(=O)Nc1ccc(C(=O)OCC(=O)NCc2ccccc2Cl)cc1. The summed E-state index contributed by atoms with van der Waals surface area (Å²) in [6.07, 6.45) is 0. The second kappa shape index (κ2) is 8.70. The summed E-state index contributed by atoms with van der Waals surface area (Å²) < 4.78 is 4.93. The molecule has 2 rings (SSSR count). The molecule has 0 saturated carbocycles. The van der Waals surface area contributed by atoms with Gasteiger partial charge >= 0.3 is 12.0 Å². The second-order valence-electron chi connectivity index (χ2n) is 5.01. The first-order chi connectivity index (χ1) is 12.0. The Kier molecular flexibility index (Phi) is 6.36. The number of hydrogen-bond donors (Lipinski definition) is 3. The first-order valence-electron chi connectivity index (χ1n) is 7.29. The zero-order valence-electron chi connectivity index (χ0n) is 13.1. The number of rotatable bonds is 6. The summed E-state index contributed by atoms with van der Waals surface area (Å²) in [5, 5.41) is 5.53. The first-order valence-corrected chi connectivity index (χ1v) is 7.67. The third kappa shape index (κ3) is 5.82. The van der Waals surface area contributed by atoms with Gasteiger partial charge in [0.2, 0.25) is 0 Å². The molecule has 7 nitrogen and oxygen atoms in total. The molecule has 0 bridgehead atoms. The number of ether oxygens (including phenoxy) is 1. The number of halogens is 1. The normalized spacial score (nSPS) is 9.96. The molecule has 0 aliphatic heterocycles. The maximum absolute atomic E-state index is 11.9. The lowest BCUT2D eigenvalue weighted by molar-refractivity contribution is -0.124. The van der Waals surface area contributed by atoms with Crippen molar-refractivity contribution in [3.05, 3.63) is 64.7 Å². The van der Waals surface area contributed by atoms with Crippen LogP contribution in [0.25, 0.3) is 0 Å². The van der Waals surface area contributed by atoms with Crippen molar-refractivity contribution in [2.45, 2.75) is 6.54 Å². The number of amides is 3. The van der Waals surface area contributed by atoms with Gasteiger partial charge in [0.15, 0.2) is 6.61 Å². The van der Waals surface area contributed by atoms with Crippen LogP contribution < -0.4 is 16.4 Å². The van der Waals surface area contributed by atoms with Crippen LogP contribution in [0.5, 0.6) is 0 Å². The lowest BCUT2D eigenvalue weighted by atomic mass is 10.2. The molecule has 2 aromatic rings. The predicted molar refractivity (Wildman–Crippen MR) is 93.2 cm³/mol. The van der Waals surface area contributed by atoms with Crippen molar-refractivity contribution in [2.75, 3.05) is 11.9 Å². The zero-order chi connectivity index (χ0) is 18.2. The highest BCUT2D eigenvalue weighted by Crippen LogP contribution is 2.14. The first kappa shape index (κ1) is 18.3. The molecule has 0 saturated heterocycles. The number of benzene rings is 2. The molecular formula is C17H16ClN3O4. The molecule has 0 aliphatic rings. The van der Waals surface area contributed by atoms with E-state index >= 15 is 0 Å². The molecule has 0 atom stereocenters. The highest BCUT2D eigenvalue weighted by Gasteiger charge is 2.11. The lowest BCUT2D eigenvalue weighted by Gasteiger charge is -2.08. The van der Waals surface area contributed by atoms with E-state index in [1.165, 1.54) is 24.3 Å². The lowest BCUT2D eigenvalue weighted by Crippen LogP contribution is -2.28. The quantitative estimate of drug-likeness (QED) is 0.685. The van der Waals surface area contributed by atoms with Gasteiger partial charge in [-0.2, -0.15) is 0 Å². The monoisotopic (exact) mass is 361 g/mol. The van der Waals surface area contributed by atoms with E-state index in [2.05, 4.69) is 10.6 Å². The fraction of sp³-hybridized carbons (Fsp3) is 0.118. The number of nitrogens with one attached hydrogen (secondary N) is 2. The van der Waals surface area contributed by atoms with Crippen LogP contribution in [-0.2, 0) is 16.1 Å². The van der Waals surface area contributed by atoms with Gasteiger partial charge in [0.1, 0.15) is 0 Å². The number of nitrogens with two attached hydrogens (primary N) is 1. The molecule has 4 N–H and O–H groups in total. The van der Waals surface area contributed by atoms with E-state index in [4.69, 9.17) is 22.1 Å². The van der Waals surface area contributed by atoms with E-state index in [9.17, 15) is 14.4 Å². The molecule has 2 aromatic carbocycles. The third-order valence-corrected chi connectivity index (χ3v) is 3.53. The molecule has 130 valence electrons. The Morgan fingerprint density at radius 1 is 1.04 bits per heavy atom. The van der Waals surface area contributed by atoms with Crippen LogP contribution in [0.15, 0.2) is 48.5 Å². The Morgan fingerprint density at radius 2 is 1.72 bits per heavy atom. The fourth-order valence-corrected chi connectivity index (χ4v) is 2.14. The van der Waals surface area contributed by atoms with Crippen LogP contribution in [-0.4, -0.2) is 24.5 Å². The van der Waals surface area contributed by atoms with E-state index < -0.39 is 24.5 Å². The Labute approximate surface area is 149 Å². The van der Waals surface area contributed by atoms with E-state index in [-0.39, 0.29) is 12.1 Å². The topological polar surface area (TPSA) is 111 Å². The summed E-state index contributed by atoms with van der Waals surface area (Å²) in [5.41, 5.74) is 6.44. The number of anilines is 1. The van der Waals surface area contributed by atoms with E-state index in [0.29, 0.717) is 10.7 Å². The summed E-state index contributed by atoms with van der Waals surface area (Å²) in [6.45, 7) is -0.173. The van der Waals surface area contributed by atoms with Crippen LogP contribution >= 0.6 is 11.6 Å². The van der Waals surface area contributed by atoms with Gasteiger partial charge in [-0.05, 0) is 35.9 Å². The fourth-order valence-electron chi connectivity index (χ4n) is 1.93. The summed E-state index contributed by atoms with van der Waals surface area (Å²) in [7, 11) is 0. The number of carbonyl (C=O) groups excluding carboxylic acids is 3. The van der Waals surface area contributed by atoms with Crippen molar-refractivity contribution in [3.63, 3.8) is 0 Å². The summed E-state index contributed by atoms with van der Waals surface area (Å²) >= 11 is 5.99. The molecule has 0 aromatic heterocycles. The van der Waals surface area contributed by atoms with Crippen molar-refractivity contribution in [3.8, 4) is 0 Å². The molecule has 0 aliphatic carbocycles. The van der Waals surface area contributed by atoms with Crippen LogP contribution in [0.2, 0.25) is 5.02 Å². The van der Waals surface area contributed by atoms with Crippen LogP contribution in [0.3, 0.4) is 0 Å². The molecule has 0 heterocycles. The maximum Gasteiger partial charge on any atom is 0.338 e. The minimum absolute atomic E-state index is 0.240. The zero-order valence-corrected chi connectivity index (χ0v) is 13.9. The largest absolute Gasteiger partial charge is 0.452 e. The van der Waals surface area contributed by atoms with Crippen LogP contribution in [0, 0.1) is 0 Å². The predicted octanol–water partition coefficient (Wildman–Crippen LogP) is 2.30. The van der Waals surface area contributed by atoms with Gasteiger partial charge in [-0.15, -0.1) is 0 Å². The van der Waals surface area contributed by atoms with Gasteiger partial charge in [0.25, 0.3) is 5.91 Å². The number of carbonyl (C=O) groups is 3. The molecule has 25 heavy (non-hydrogen) atoms. The Balaban J connectivity index is 1.80. The average Bonchev–Trinajstić information content (AvgIpc) is 2.59. The van der Waals surface area contributed by atoms with Gasteiger partial charge in [0, 0.05) is 17.3 Å². The molecule has 0 radical (unpaired) electrons. The van der Waals surface area contributed by atoms with Crippen molar-refractivity contribution < 1.29 is 19.1 Å². The van der Waals surface area contributed by atoms with Crippen molar-refractivity contribution >= 4 is 35.2 Å². The molecular weight excluding hydrogens is 346 g/mol. The highest BCUT2D eigenvalue weighted by molar-refractivity contribution is 6.31.